The van der Waals surface area contributed by atoms with E-state index in [9.17, 15) is 13.6 Å². The molecule has 0 saturated heterocycles. The standard InChI is InChI=1S/C27H29F2N3O2S/c28-26(29)15-34-27-31-23-14-32(10-7-25(23)35-27)9-6-17-20-11-16(12-21(17)20)13-24(33)19-3-1-5-22-18(19)4-2-8-30-22/h1-5,8,16-17,20-21,26H,6-7,9-15H2/t16?,17?,20-,21+. The maximum Gasteiger partial charge on any atom is 0.273 e. The molecule has 35 heavy (non-hydrogen) atoms. The van der Waals surface area contributed by atoms with Crippen molar-refractivity contribution in [3.8, 4) is 5.19 Å². The lowest BCUT2D eigenvalue weighted by Gasteiger charge is -2.26. The van der Waals surface area contributed by atoms with Crippen LogP contribution in [0.1, 0.15) is 46.6 Å². The molecule has 3 aromatic rings. The van der Waals surface area contributed by atoms with Crippen LogP contribution < -0.4 is 4.74 Å². The lowest BCUT2D eigenvalue weighted by molar-refractivity contribution is 0.0815. The highest BCUT2D eigenvalue weighted by molar-refractivity contribution is 7.13. The van der Waals surface area contributed by atoms with Gasteiger partial charge < -0.3 is 4.74 Å². The van der Waals surface area contributed by atoms with Crippen LogP contribution in [-0.2, 0) is 13.0 Å². The van der Waals surface area contributed by atoms with E-state index in [-0.39, 0.29) is 5.78 Å². The molecule has 8 heteroatoms. The quantitative estimate of drug-likeness (QED) is 0.359. The fourth-order valence-electron chi connectivity index (χ4n) is 6.35. The molecule has 0 spiro atoms. The number of ether oxygens (including phenoxy) is 1. The van der Waals surface area contributed by atoms with E-state index < -0.39 is 13.0 Å². The molecule has 2 aliphatic carbocycles. The van der Waals surface area contributed by atoms with Gasteiger partial charge in [-0.25, -0.2) is 13.8 Å². The first kappa shape index (κ1) is 23.0. The normalized spacial score (nSPS) is 25.6. The zero-order valence-electron chi connectivity index (χ0n) is 19.5. The van der Waals surface area contributed by atoms with Crippen LogP contribution in [0.25, 0.3) is 10.9 Å². The highest BCUT2D eigenvalue weighted by atomic mass is 32.1. The largest absolute Gasteiger partial charge is 0.464 e. The molecule has 4 atom stereocenters. The van der Waals surface area contributed by atoms with Gasteiger partial charge in [-0.1, -0.05) is 29.5 Å². The SMILES string of the molecule is O=C(CC1C[C@@H]2C(CCN3CCc4sc(OCC(F)F)nc4C3)[C@@H]2C1)c1cccc2ncccc12. The molecule has 2 aromatic heterocycles. The van der Waals surface area contributed by atoms with Gasteiger partial charge in [0.05, 0.1) is 11.2 Å². The van der Waals surface area contributed by atoms with Crippen LogP contribution in [-0.4, -0.2) is 46.8 Å². The van der Waals surface area contributed by atoms with Crippen LogP contribution in [0.15, 0.2) is 36.5 Å². The van der Waals surface area contributed by atoms with Crippen LogP contribution in [0.2, 0.25) is 0 Å². The number of hydrogen-bond donors (Lipinski definition) is 0. The Morgan fingerprint density at radius 3 is 2.89 bits per heavy atom. The Balaban J connectivity index is 0.965. The molecular formula is C27H29F2N3O2S. The van der Waals surface area contributed by atoms with E-state index in [1.807, 2.05) is 30.3 Å². The smallest absolute Gasteiger partial charge is 0.273 e. The predicted molar refractivity (Wildman–Crippen MR) is 131 cm³/mol. The van der Waals surface area contributed by atoms with Crippen molar-refractivity contribution in [1.82, 2.24) is 14.9 Å². The first-order valence-electron chi connectivity index (χ1n) is 12.5. The maximum atomic E-state index is 13.0. The van der Waals surface area contributed by atoms with Crippen molar-refractivity contribution in [3.63, 3.8) is 0 Å². The molecular weight excluding hydrogens is 468 g/mol. The van der Waals surface area contributed by atoms with Crippen molar-refractivity contribution in [1.29, 1.82) is 0 Å². The number of rotatable bonds is 9. The fraction of sp³-hybridized carbons (Fsp3) is 0.519. The molecule has 2 unspecified atom stereocenters. The molecule has 0 radical (unpaired) electrons. The molecule has 1 aromatic carbocycles. The molecule has 2 fully saturated rings. The Kier molecular flexibility index (Phi) is 6.26. The van der Waals surface area contributed by atoms with Crippen LogP contribution >= 0.6 is 11.3 Å². The second-order valence-corrected chi connectivity index (χ2v) is 11.2. The second kappa shape index (κ2) is 9.54. The van der Waals surface area contributed by atoms with Gasteiger partial charge in [0.1, 0.15) is 0 Å². The average molecular weight is 498 g/mol. The summed E-state index contributed by atoms with van der Waals surface area (Å²) in [5, 5.41) is 1.33. The first-order valence-corrected chi connectivity index (χ1v) is 13.4. The predicted octanol–water partition coefficient (Wildman–Crippen LogP) is 5.63. The monoisotopic (exact) mass is 497 g/mol. The lowest BCUT2D eigenvalue weighted by Crippen LogP contribution is -2.31. The van der Waals surface area contributed by atoms with Gasteiger partial charge in [-0.3, -0.25) is 14.7 Å². The summed E-state index contributed by atoms with van der Waals surface area (Å²) < 4.78 is 29.9. The van der Waals surface area contributed by atoms with Crippen molar-refractivity contribution in [3.05, 3.63) is 52.7 Å². The third kappa shape index (κ3) is 4.83. The lowest BCUT2D eigenvalue weighted by atomic mass is 9.90. The number of thiazole rings is 1. The number of aromatic nitrogens is 2. The van der Waals surface area contributed by atoms with E-state index in [0.29, 0.717) is 17.5 Å². The number of benzene rings is 1. The molecule has 3 aliphatic rings. The van der Waals surface area contributed by atoms with Gasteiger partial charge in [0.25, 0.3) is 11.6 Å². The molecule has 3 heterocycles. The number of halogens is 2. The number of fused-ring (bicyclic) bond motifs is 3. The highest BCUT2D eigenvalue weighted by Crippen LogP contribution is 2.61. The van der Waals surface area contributed by atoms with Crippen molar-refractivity contribution in [2.45, 2.75) is 45.1 Å². The summed E-state index contributed by atoms with van der Waals surface area (Å²) in [6.45, 7) is 2.23. The zero-order valence-corrected chi connectivity index (χ0v) is 20.4. The Hall–Kier alpha value is -2.45. The van der Waals surface area contributed by atoms with Crippen molar-refractivity contribution in [2.24, 2.45) is 23.7 Å². The number of nitrogens with zero attached hydrogens (tertiary/aromatic N) is 3. The van der Waals surface area contributed by atoms with E-state index in [2.05, 4.69) is 14.9 Å². The molecule has 6 rings (SSSR count). The van der Waals surface area contributed by atoms with Crippen LogP contribution in [0.3, 0.4) is 0 Å². The summed E-state index contributed by atoms with van der Waals surface area (Å²) in [4.78, 5) is 25.5. The van der Waals surface area contributed by atoms with Crippen LogP contribution in [0.4, 0.5) is 8.78 Å². The topological polar surface area (TPSA) is 55.3 Å². The summed E-state index contributed by atoms with van der Waals surface area (Å²) in [5.41, 5.74) is 2.68. The molecule has 0 amide bonds. The van der Waals surface area contributed by atoms with E-state index in [0.717, 1.165) is 66.0 Å². The van der Waals surface area contributed by atoms with Gasteiger partial charge >= 0.3 is 0 Å². The summed E-state index contributed by atoms with van der Waals surface area (Å²) >= 11 is 1.41. The molecule has 0 N–H and O–H groups in total. The van der Waals surface area contributed by atoms with E-state index in [4.69, 9.17) is 4.74 Å². The molecule has 1 aliphatic heterocycles. The first-order chi connectivity index (χ1) is 17.0. The van der Waals surface area contributed by atoms with Crippen molar-refractivity contribution < 1.29 is 18.3 Å². The Morgan fingerprint density at radius 2 is 2.06 bits per heavy atom. The minimum atomic E-state index is -2.47. The Bertz CT molecular complexity index is 1210. The maximum absolute atomic E-state index is 13.0. The van der Waals surface area contributed by atoms with E-state index in [1.165, 1.54) is 35.5 Å². The number of pyridine rings is 1. The number of Topliss-reactive ketones (excluding diaryl/α,β-unsaturated/α-hetero) is 1. The highest BCUT2D eigenvalue weighted by Gasteiger charge is 2.55. The van der Waals surface area contributed by atoms with Gasteiger partial charge in [0.2, 0.25) is 0 Å². The minimum Gasteiger partial charge on any atom is -0.464 e. The second-order valence-electron chi connectivity index (χ2n) is 10.2. The van der Waals surface area contributed by atoms with Gasteiger partial charge in [0, 0.05) is 41.5 Å². The van der Waals surface area contributed by atoms with Gasteiger partial charge in [0.15, 0.2) is 12.4 Å². The zero-order chi connectivity index (χ0) is 23.9. The molecule has 2 saturated carbocycles. The average Bonchev–Trinajstić information content (AvgIpc) is 3.17. The van der Waals surface area contributed by atoms with E-state index >= 15 is 0 Å². The molecule has 0 bridgehead atoms. The third-order valence-electron chi connectivity index (χ3n) is 8.04. The van der Waals surface area contributed by atoms with Crippen molar-refractivity contribution >= 4 is 28.0 Å². The summed E-state index contributed by atoms with van der Waals surface area (Å²) in [6, 6.07) is 9.71. The van der Waals surface area contributed by atoms with E-state index in [1.54, 1.807) is 6.20 Å². The summed E-state index contributed by atoms with van der Waals surface area (Å²) in [7, 11) is 0. The molecule has 184 valence electrons. The van der Waals surface area contributed by atoms with Gasteiger partial charge in [-0.15, -0.1) is 0 Å². The minimum absolute atomic E-state index is 0.246. The fourth-order valence-corrected chi connectivity index (χ4v) is 7.27. The van der Waals surface area contributed by atoms with Crippen molar-refractivity contribution in [2.75, 3.05) is 19.7 Å². The summed E-state index contributed by atoms with van der Waals surface area (Å²) in [6.07, 6.45) is 4.39. The van der Waals surface area contributed by atoms with Gasteiger partial charge in [-0.2, -0.15) is 0 Å². The number of ketones is 1. The third-order valence-corrected chi connectivity index (χ3v) is 9.11. The number of carbonyl (C=O) groups excluding carboxylic acids is 1. The van der Waals surface area contributed by atoms with Crippen LogP contribution in [0.5, 0.6) is 5.19 Å². The molecule has 5 nitrogen and oxygen atoms in total. The van der Waals surface area contributed by atoms with Gasteiger partial charge in [-0.05, 0) is 68.0 Å². The number of alkyl halides is 2. The Labute approximate surface area is 207 Å². The number of carbonyl (C=O) groups is 1. The number of hydrogen-bond acceptors (Lipinski definition) is 6. The van der Waals surface area contributed by atoms with Crippen LogP contribution in [0, 0.1) is 23.7 Å². The Morgan fingerprint density at radius 1 is 1.20 bits per heavy atom. The summed E-state index contributed by atoms with van der Waals surface area (Å²) in [5.74, 6) is 3.08.